The number of hydrogen-bond donors (Lipinski definition) is 3. The number of rotatable bonds is 0. The predicted octanol–water partition coefficient (Wildman–Crippen LogP) is -0.897. The lowest BCUT2D eigenvalue weighted by atomic mass is 10.2. The number of sulfonamides is 1. The van der Waals surface area contributed by atoms with E-state index in [1.165, 1.54) is 6.07 Å². The van der Waals surface area contributed by atoms with Crippen LogP contribution in [0.4, 0.5) is 0 Å². The molecule has 0 spiro atoms. The van der Waals surface area contributed by atoms with Crippen molar-refractivity contribution in [3.05, 3.63) is 29.8 Å². The molecule has 1 aliphatic heterocycles. The van der Waals surface area contributed by atoms with Crippen molar-refractivity contribution in [1.82, 2.24) is 10.3 Å². The fourth-order valence-corrected chi connectivity index (χ4v) is 2.29. The van der Waals surface area contributed by atoms with Gasteiger partial charge in [0.25, 0.3) is 10.0 Å². The van der Waals surface area contributed by atoms with Crippen LogP contribution in [0.2, 0.25) is 0 Å². The first-order valence-electron chi connectivity index (χ1n) is 3.80. The van der Waals surface area contributed by atoms with Crippen LogP contribution in [-0.4, -0.2) is 14.3 Å². The van der Waals surface area contributed by atoms with Crippen molar-refractivity contribution in [2.24, 2.45) is 10.9 Å². The van der Waals surface area contributed by atoms with Crippen LogP contribution in [0.15, 0.2) is 34.3 Å². The minimum Gasteiger partial charge on any atom is -0.321 e. The Hall–Kier alpha value is -1.60. The smallest absolute Gasteiger partial charge is 0.258 e. The van der Waals surface area contributed by atoms with E-state index in [2.05, 4.69) is 15.4 Å². The SMILES string of the molecule is NN=C1NNS(=O)(=O)c2ccccc21. The second kappa shape index (κ2) is 2.96. The van der Waals surface area contributed by atoms with Gasteiger partial charge in [-0.15, -0.1) is 4.83 Å². The Labute approximate surface area is 80.8 Å². The number of nitrogens with two attached hydrogens (primary N) is 1. The molecule has 2 rings (SSSR count). The maximum atomic E-state index is 11.5. The quantitative estimate of drug-likeness (QED) is 0.383. The van der Waals surface area contributed by atoms with Crippen LogP contribution < -0.4 is 16.1 Å². The number of hydrazone groups is 1. The van der Waals surface area contributed by atoms with Crippen molar-refractivity contribution < 1.29 is 8.42 Å². The lowest BCUT2D eigenvalue weighted by Gasteiger charge is -2.19. The number of hydrogen-bond acceptors (Lipinski definition) is 4. The zero-order valence-electron chi connectivity index (χ0n) is 7.06. The summed E-state index contributed by atoms with van der Waals surface area (Å²) >= 11 is 0. The lowest BCUT2D eigenvalue weighted by Crippen LogP contribution is -2.47. The van der Waals surface area contributed by atoms with Gasteiger partial charge < -0.3 is 5.84 Å². The molecule has 4 N–H and O–H groups in total. The molecule has 7 heteroatoms. The summed E-state index contributed by atoms with van der Waals surface area (Å²) in [5.74, 6) is 5.40. The van der Waals surface area contributed by atoms with Gasteiger partial charge in [-0.2, -0.15) is 5.10 Å². The molecule has 1 aromatic rings. The summed E-state index contributed by atoms with van der Waals surface area (Å²) in [5.41, 5.74) is 2.87. The highest BCUT2D eigenvalue weighted by atomic mass is 32.2. The Morgan fingerprint density at radius 3 is 2.71 bits per heavy atom. The van der Waals surface area contributed by atoms with Crippen LogP contribution in [0.1, 0.15) is 5.56 Å². The Bertz CT molecular complexity index is 494. The van der Waals surface area contributed by atoms with Crippen LogP contribution in [0, 0.1) is 0 Å². The highest BCUT2D eigenvalue weighted by Gasteiger charge is 2.26. The maximum absolute atomic E-state index is 11.5. The lowest BCUT2D eigenvalue weighted by molar-refractivity contribution is 0.573. The largest absolute Gasteiger partial charge is 0.321 e. The molecule has 1 aromatic carbocycles. The second-order valence-electron chi connectivity index (χ2n) is 2.70. The van der Waals surface area contributed by atoms with E-state index in [4.69, 9.17) is 5.84 Å². The summed E-state index contributed by atoms with van der Waals surface area (Å²) in [6.45, 7) is 0. The van der Waals surface area contributed by atoms with Gasteiger partial charge >= 0.3 is 0 Å². The molecule has 0 atom stereocenters. The number of nitrogens with zero attached hydrogens (tertiary/aromatic N) is 1. The summed E-state index contributed by atoms with van der Waals surface area (Å²) in [6, 6.07) is 6.47. The minimum atomic E-state index is -3.48. The van der Waals surface area contributed by atoms with E-state index in [1.807, 2.05) is 0 Å². The molecular weight excluding hydrogens is 204 g/mol. The van der Waals surface area contributed by atoms with Crippen molar-refractivity contribution in [3.8, 4) is 0 Å². The zero-order chi connectivity index (χ0) is 10.2. The van der Waals surface area contributed by atoms with Crippen LogP contribution >= 0.6 is 0 Å². The van der Waals surface area contributed by atoms with E-state index in [9.17, 15) is 8.42 Å². The fourth-order valence-electron chi connectivity index (χ4n) is 1.24. The predicted molar refractivity (Wildman–Crippen MR) is 50.6 cm³/mol. The van der Waals surface area contributed by atoms with Crippen molar-refractivity contribution >= 4 is 15.9 Å². The topological polar surface area (TPSA) is 96.6 Å². The maximum Gasteiger partial charge on any atom is 0.258 e. The first-order chi connectivity index (χ1) is 6.65. The first-order valence-corrected chi connectivity index (χ1v) is 5.28. The number of nitrogens with one attached hydrogen (secondary N) is 2. The molecule has 0 saturated heterocycles. The molecule has 0 fully saturated rings. The normalized spacial score (nSPS) is 21.3. The number of hydrazine groups is 1. The van der Waals surface area contributed by atoms with E-state index in [1.54, 1.807) is 18.2 Å². The van der Waals surface area contributed by atoms with E-state index in [0.717, 1.165) is 0 Å². The molecule has 0 unspecified atom stereocenters. The van der Waals surface area contributed by atoms with Gasteiger partial charge in [-0.1, -0.05) is 12.1 Å². The number of fused-ring (bicyclic) bond motifs is 1. The molecule has 0 radical (unpaired) electrons. The molecule has 6 nitrogen and oxygen atoms in total. The molecular formula is C7H8N4O2S. The zero-order valence-corrected chi connectivity index (χ0v) is 7.88. The molecule has 0 amide bonds. The Kier molecular flexibility index (Phi) is 1.90. The first kappa shape index (κ1) is 8.97. The van der Waals surface area contributed by atoms with Crippen molar-refractivity contribution in [1.29, 1.82) is 0 Å². The third-order valence-corrected chi connectivity index (χ3v) is 3.17. The van der Waals surface area contributed by atoms with Gasteiger partial charge in [0.05, 0.1) is 4.90 Å². The van der Waals surface area contributed by atoms with E-state index in [0.29, 0.717) is 11.4 Å². The molecule has 0 saturated carbocycles. The Morgan fingerprint density at radius 2 is 2.00 bits per heavy atom. The highest BCUT2D eigenvalue weighted by Crippen LogP contribution is 2.17. The van der Waals surface area contributed by atoms with Crippen LogP contribution in [0.5, 0.6) is 0 Å². The molecule has 0 aliphatic carbocycles. The fraction of sp³-hybridized carbons (Fsp3) is 0. The van der Waals surface area contributed by atoms with Gasteiger partial charge in [0.2, 0.25) is 0 Å². The van der Waals surface area contributed by atoms with Gasteiger partial charge in [0, 0.05) is 5.56 Å². The van der Waals surface area contributed by atoms with Gasteiger partial charge in [0.1, 0.15) is 0 Å². The molecule has 0 aromatic heterocycles. The third-order valence-electron chi connectivity index (χ3n) is 1.86. The molecule has 74 valence electrons. The number of amidine groups is 1. The highest BCUT2D eigenvalue weighted by molar-refractivity contribution is 7.89. The molecule has 14 heavy (non-hydrogen) atoms. The molecule has 1 aliphatic rings. The summed E-state index contributed by atoms with van der Waals surface area (Å²) < 4.78 is 22.9. The van der Waals surface area contributed by atoms with Gasteiger partial charge in [-0.05, 0) is 12.1 Å². The van der Waals surface area contributed by atoms with Crippen LogP contribution in [0.3, 0.4) is 0 Å². The average molecular weight is 212 g/mol. The third kappa shape index (κ3) is 1.22. The summed E-state index contributed by atoms with van der Waals surface area (Å²) in [7, 11) is -3.48. The molecule has 0 bridgehead atoms. The average Bonchev–Trinajstić information content (AvgIpc) is 2.18. The van der Waals surface area contributed by atoms with Gasteiger partial charge in [-0.3, -0.25) is 5.43 Å². The van der Waals surface area contributed by atoms with Crippen molar-refractivity contribution in [2.75, 3.05) is 0 Å². The Balaban J connectivity index is 2.73. The number of benzene rings is 1. The van der Waals surface area contributed by atoms with Gasteiger partial charge in [0.15, 0.2) is 5.84 Å². The van der Waals surface area contributed by atoms with E-state index >= 15 is 0 Å². The van der Waals surface area contributed by atoms with Crippen LogP contribution in [-0.2, 0) is 10.0 Å². The van der Waals surface area contributed by atoms with E-state index < -0.39 is 10.0 Å². The summed E-state index contributed by atoms with van der Waals surface area (Å²) in [4.78, 5) is 2.30. The monoisotopic (exact) mass is 212 g/mol. The van der Waals surface area contributed by atoms with Crippen molar-refractivity contribution in [3.63, 3.8) is 0 Å². The van der Waals surface area contributed by atoms with Crippen molar-refractivity contribution in [2.45, 2.75) is 4.90 Å². The van der Waals surface area contributed by atoms with Gasteiger partial charge in [-0.25, -0.2) is 8.42 Å². The Morgan fingerprint density at radius 1 is 1.29 bits per heavy atom. The van der Waals surface area contributed by atoms with Crippen LogP contribution in [0.25, 0.3) is 0 Å². The summed E-state index contributed by atoms with van der Waals surface area (Å²) in [6.07, 6.45) is 0. The van der Waals surface area contributed by atoms with E-state index in [-0.39, 0.29) is 4.90 Å². The second-order valence-corrected chi connectivity index (χ2v) is 4.36. The summed E-state index contributed by atoms with van der Waals surface area (Å²) in [5, 5.41) is 3.43. The molecule has 1 heterocycles. The standard InChI is InChI=1S/C7H8N4O2S/c8-9-7-5-3-1-2-4-6(5)14(12,13)11-10-7/h1-4,11H,8H2,(H,9,10). The minimum absolute atomic E-state index is 0.169.